The van der Waals surface area contributed by atoms with Crippen LogP contribution < -0.4 is 4.31 Å². The van der Waals surface area contributed by atoms with E-state index >= 15 is 0 Å². The summed E-state index contributed by atoms with van der Waals surface area (Å²) in [5.41, 5.74) is 0.527. The molecule has 21 heavy (non-hydrogen) atoms. The van der Waals surface area contributed by atoms with Gasteiger partial charge in [-0.2, -0.15) is 5.26 Å². The Morgan fingerprint density at radius 1 is 1.38 bits per heavy atom. The van der Waals surface area contributed by atoms with Crippen molar-refractivity contribution in [3.63, 3.8) is 0 Å². The third-order valence-electron chi connectivity index (χ3n) is 2.78. The standard InChI is InChI=1S/C13H9BrClN3O2S/c1-18(11-5-3-2-4-9(11)7-16)21(19,20)12-6-10(14)8-17-13(12)15/h2-6,8H,1H3. The van der Waals surface area contributed by atoms with E-state index in [0.717, 1.165) is 4.31 Å². The molecule has 0 radical (unpaired) electrons. The molecule has 0 spiro atoms. The highest BCUT2D eigenvalue weighted by molar-refractivity contribution is 9.10. The lowest BCUT2D eigenvalue weighted by Gasteiger charge is -2.20. The fraction of sp³-hybridized carbons (Fsp3) is 0.0769. The van der Waals surface area contributed by atoms with Gasteiger partial charge in [0.1, 0.15) is 16.1 Å². The number of hydrogen-bond acceptors (Lipinski definition) is 4. The van der Waals surface area contributed by atoms with E-state index in [-0.39, 0.29) is 21.3 Å². The second kappa shape index (κ2) is 6.02. The van der Waals surface area contributed by atoms with Crippen LogP contribution in [0.5, 0.6) is 0 Å². The molecular formula is C13H9BrClN3O2S. The maximum absolute atomic E-state index is 12.6. The van der Waals surface area contributed by atoms with Gasteiger partial charge in [-0.15, -0.1) is 0 Å². The van der Waals surface area contributed by atoms with Crippen LogP contribution in [0.1, 0.15) is 5.56 Å². The first-order chi connectivity index (χ1) is 9.87. The third kappa shape index (κ3) is 3.02. The Morgan fingerprint density at radius 3 is 2.71 bits per heavy atom. The summed E-state index contributed by atoms with van der Waals surface area (Å²) >= 11 is 9.05. The summed E-state index contributed by atoms with van der Waals surface area (Å²) in [4.78, 5) is 3.68. The predicted molar refractivity (Wildman–Crippen MR) is 83.7 cm³/mol. The van der Waals surface area contributed by atoms with Crippen LogP contribution in [0.25, 0.3) is 0 Å². The van der Waals surface area contributed by atoms with Crippen LogP contribution in [0.15, 0.2) is 45.9 Å². The third-order valence-corrected chi connectivity index (χ3v) is 5.41. The molecule has 5 nitrogen and oxygen atoms in total. The number of rotatable bonds is 3. The molecule has 0 unspecified atom stereocenters. The van der Waals surface area contributed by atoms with Crippen LogP contribution >= 0.6 is 27.5 Å². The van der Waals surface area contributed by atoms with Crippen LogP contribution in [0.4, 0.5) is 5.69 Å². The number of aromatic nitrogens is 1. The van der Waals surface area contributed by atoms with Gasteiger partial charge in [0.15, 0.2) is 0 Å². The Morgan fingerprint density at radius 2 is 2.05 bits per heavy atom. The van der Waals surface area contributed by atoms with Crippen LogP contribution in [-0.2, 0) is 10.0 Å². The van der Waals surface area contributed by atoms with Crippen molar-refractivity contribution in [2.75, 3.05) is 11.4 Å². The number of sulfonamides is 1. The zero-order chi connectivity index (χ0) is 15.6. The first-order valence-corrected chi connectivity index (χ1v) is 8.28. The van der Waals surface area contributed by atoms with Gasteiger partial charge in [0.25, 0.3) is 10.0 Å². The monoisotopic (exact) mass is 385 g/mol. The molecule has 0 aliphatic heterocycles. The van der Waals surface area contributed by atoms with Crippen LogP contribution in [0.3, 0.4) is 0 Å². The summed E-state index contributed by atoms with van der Waals surface area (Å²) in [5.74, 6) is 0. The molecule has 0 atom stereocenters. The van der Waals surface area contributed by atoms with E-state index in [1.54, 1.807) is 24.3 Å². The average molecular weight is 387 g/mol. The second-order valence-corrected chi connectivity index (χ2v) is 7.26. The quantitative estimate of drug-likeness (QED) is 0.759. The molecule has 0 fully saturated rings. The Hall–Kier alpha value is -1.62. The van der Waals surface area contributed by atoms with Crippen molar-refractivity contribution in [1.29, 1.82) is 5.26 Å². The van der Waals surface area contributed by atoms with Crippen molar-refractivity contribution < 1.29 is 8.42 Å². The minimum absolute atomic E-state index is 0.125. The molecule has 2 rings (SSSR count). The SMILES string of the molecule is CN(c1ccccc1C#N)S(=O)(=O)c1cc(Br)cnc1Cl. The molecule has 0 bridgehead atoms. The number of hydrogen-bond donors (Lipinski definition) is 0. The van der Waals surface area contributed by atoms with E-state index < -0.39 is 10.0 Å². The molecule has 1 aromatic carbocycles. The van der Waals surface area contributed by atoms with Crippen molar-refractivity contribution in [3.05, 3.63) is 51.7 Å². The molecule has 0 aliphatic rings. The van der Waals surface area contributed by atoms with Crippen LogP contribution in [-0.4, -0.2) is 20.4 Å². The van der Waals surface area contributed by atoms with Gasteiger partial charge in [-0.25, -0.2) is 13.4 Å². The van der Waals surface area contributed by atoms with Gasteiger partial charge in [-0.05, 0) is 34.1 Å². The highest BCUT2D eigenvalue weighted by Gasteiger charge is 2.26. The number of para-hydroxylation sites is 1. The molecule has 2 aromatic rings. The van der Waals surface area contributed by atoms with Crippen molar-refractivity contribution in [3.8, 4) is 6.07 Å². The molecule has 0 N–H and O–H groups in total. The van der Waals surface area contributed by atoms with Gasteiger partial charge >= 0.3 is 0 Å². The van der Waals surface area contributed by atoms with Crippen molar-refractivity contribution in [1.82, 2.24) is 4.98 Å². The number of halogens is 2. The molecule has 0 saturated carbocycles. The summed E-state index contributed by atoms with van der Waals surface area (Å²) in [6, 6.07) is 9.75. The van der Waals surface area contributed by atoms with Gasteiger partial charge in [-0.3, -0.25) is 4.31 Å². The lowest BCUT2D eigenvalue weighted by molar-refractivity contribution is 0.594. The smallest absolute Gasteiger partial charge is 0.267 e. The fourth-order valence-corrected chi connectivity index (χ4v) is 3.84. The predicted octanol–water partition coefficient (Wildman–Crippen LogP) is 3.19. The second-order valence-electron chi connectivity index (χ2n) is 4.04. The molecule has 0 amide bonds. The van der Waals surface area contributed by atoms with Gasteiger partial charge in [0, 0.05) is 17.7 Å². The van der Waals surface area contributed by atoms with Crippen molar-refractivity contribution in [2.45, 2.75) is 4.90 Å². The van der Waals surface area contributed by atoms with E-state index in [1.165, 1.54) is 19.3 Å². The summed E-state index contributed by atoms with van der Waals surface area (Å²) < 4.78 is 26.8. The van der Waals surface area contributed by atoms with E-state index in [2.05, 4.69) is 20.9 Å². The number of pyridine rings is 1. The first kappa shape index (κ1) is 15.8. The average Bonchev–Trinajstić information content (AvgIpc) is 2.48. The van der Waals surface area contributed by atoms with Gasteiger partial charge < -0.3 is 0 Å². The van der Waals surface area contributed by atoms with E-state index in [0.29, 0.717) is 4.47 Å². The molecule has 8 heteroatoms. The zero-order valence-electron chi connectivity index (χ0n) is 10.8. The topological polar surface area (TPSA) is 74.1 Å². The normalized spacial score (nSPS) is 11.0. The number of nitriles is 1. The number of nitrogens with zero attached hydrogens (tertiary/aromatic N) is 3. The van der Waals surface area contributed by atoms with Crippen molar-refractivity contribution in [2.24, 2.45) is 0 Å². The Balaban J connectivity index is 2.59. The molecule has 0 aliphatic carbocycles. The number of benzene rings is 1. The highest BCUT2D eigenvalue weighted by atomic mass is 79.9. The summed E-state index contributed by atoms with van der Waals surface area (Å²) in [7, 11) is -2.56. The van der Waals surface area contributed by atoms with Gasteiger partial charge in [0.2, 0.25) is 0 Å². The zero-order valence-corrected chi connectivity index (χ0v) is 13.9. The Kier molecular flexibility index (Phi) is 4.52. The molecule has 1 heterocycles. The summed E-state index contributed by atoms with van der Waals surface area (Å²) in [6.45, 7) is 0. The first-order valence-electron chi connectivity index (χ1n) is 5.67. The molecule has 0 saturated heterocycles. The van der Waals surface area contributed by atoms with E-state index in [4.69, 9.17) is 16.9 Å². The molecular weight excluding hydrogens is 378 g/mol. The lowest BCUT2D eigenvalue weighted by Crippen LogP contribution is -2.27. The van der Waals surface area contributed by atoms with E-state index in [9.17, 15) is 8.42 Å². The lowest BCUT2D eigenvalue weighted by atomic mass is 10.2. The molecule has 1 aromatic heterocycles. The summed E-state index contributed by atoms with van der Waals surface area (Å²) in [6.07, 6.45) is 1.41. The van der Waals surface area contributed by atoms with Crippen LogP contribution in [0, 0.1) is 11.3 Å². The minimum atomic E-state index is -3.92. The minimum Gasteiger partial charge on any atom is -0.268 e. The maximum Gasteiger partial charge on any atom is 0.267 e. The van der Waals surface area contributed by atoms with Crippen molar-refractivity contribution >= 4 is 43.2 Å². The Labute approximate surface area is 136 Å². The summed E-state index contributed by atoms with van der Waals surface area (Å²) in [5, 5.41) is 8.96. The van der Waals surface area contributed by atoms with Crippen LogP contribution in [0.2, 0.25) is 5.15 Å². The largest absolute Gasteiger partial charge is 0.268 e. The van der Waals surface area contributed by atoms with Gasteiger partial charge in [0.05, 0.1) is 11.3 Å². The maximum atomic E-state index is 12.6. The van der Waals surface area contributed by atoms with Gasteiger partial charge in [-0.1, -0.05) is 23.7 Å². The number of anilines is 1. The fourth-order valence-electron chi connectivity index (χ4n) is 1.70. The van der Waals surface area contributed by atoms with E-state index in [1.807, 2.05) is 6.07 Å². The Bertz CT molecular complexity index is 834. The molecule has 108 valence electrons. The highest BCUT2D eigenvalue weighted by Crippen LogP contribution is 2.29.